The van der Waals surface area contributed by atoms with Gasteiger partial charge >= 0.3 is 0 Å². The van der Waals surface area contributed by atoms with Crippen molar-refractivity contribution < 1.29 is 8.42 Å². The molecule has 0 unspecified atom stereocenters. The monoisotopic (exact) mass is 494 g/mol. The lowest BCUT2D eigenvalue weighted by atomic mass is 10.1. The molecule has 2 rings (SSSR count). The lowest BCUT2D eigenvalue weighted by Gasteiger charge is -2.32. The van der Waals surface area contributed by atoms with Crippen LogP contribution in [0.2, 0.25) is 0 Å². The van der Waals surface area contributed by atoms with Crippen molar-refractivity contribution >= 4 is 40.0 Å². The molecule has 0 saturated carbocycles. The molecule has 1 saturated heterocycles. The standard InChI is InChI=1S/C18H30N4O2S.HI/c1-4-15-8-6-7-9-16(15)14-20-18(19-3)21-17-10-12-22(13-11-17)25(23,24)5-2;/h6-9,17H,4-5,10-14H2,1-3H3,(H2,19,20,21);1H. The molecule has 2 N–H and O–H groups in total. The quantitative estimate of drug-likeness (QED) is 0.362. The van der Waals surface area contributed by atoms with Crippen molar-refractivity contribution in [2.24, 2.45) is 4.99 Å². The highest BCUT2D eigenvalue weighted by Crippen LogP contribution is 2.14. The molecule has 1 heterocycles. The molecule has 0 aromatic heterocycles. The minimum Gasteiger partial charge on any atom is -0.354 e. The maximum atomic E-state index is 11.9. The predicted octanol–water partition coefficient (Wildman–Crippen LogP) is 2.35. The number of nitrogens with one attached hydrogen (secondary N) is 2. The molecule has 1 aromatic rings. The molecule has 0 radical (unpaired) electrons. The number of nitrogens with zero attached hydrogens (tertiary/aromatic N) is 2. The second-order valence-electron chi connectivity index (χ2n) is 6.27. The van der Waals surface area contributed by atoms with E-state index < -0.39 is 10.0 Å². The van der Waals surface area contributed by atoms with E-state index in [4.69, 9.17) is 0 Å². The van der Waals surface area contributed by atoms with E-state index in [1.165, 1.54) is 11.1 Å². The smallest absolute Gasteiger partial charge is 0.213 e. The maximum absolute atomic E-state index is 11.9. The Balaban J connectivity index is 0.00000338. The van der Waals surface area contributed by atoms with Crippen molar-refractivity contribution in [3.8, 4) is 0 Å². The third kappa shape index (κ3) is 6.38. The zero-order chi connectivity index (χ0) is 18.3. The summed E-state index contributed by atoms with van der Waals surface area (Å²) in [5.41, 5.74) is 2.61. The van der Waals surface area contributed by atoms with Gasteiger partial charge in [0.1, 0.15) is 0 Å². The zero-order valence-electron chi connectivity index (χ0n) is 15.9. The fourth-order valence-corrected chi connectivity index (χ4v) is 4.23. The number of aliphatic imine (C=N–C) groups is 1. The first-order valence-corrected chi connectivity index (χ1v) is 10.6. The van der Waals surface area contributed by atoms with Gasteiger partial charge in [0.2, 0.25) is 10.0 Å². The molecule has 0 spiro atoms. The Morgan fingerprint density at radius 2 is 1.81 bits per heavy atom. The van der Waals surface area contributed by atoms with Gasteiger partial charge in [0.15, 0.2) is 5.96 Å². The second kappa shape index (κ2) is 11.1. The molecule has 6 nitrogen and oxygen atoms in total. The molecular weight excluding hydrogens is 463 g/mol. The Bertz CT molecular complexity index is 686. The van der Waals surface area contributed by atoms with E-state index in [1.807, 2.05) is 0 Å². The number of guanidine groups is 1. The lowest BCUT2D eigenvalue weighted by Crippen LogP contribution is -2.49. The molecule has 0 atom stereocenters. The second-order valence-corrected chi connectivity index (χ2v) is 8.52. The average molecular weight is 494 g/mol. The normalized spacial score (nSPS) is 16.8. The van der Waals surface area contributed by atoms with Gasteiger partial charge in [-0.25, -0.2) is 12.7 Å². The Kier molecular flexibility index (Phi) is 9.88. The van der Waals surface area contributed by atoms with Crippen LogP contribution in [0.15, 0.2) is 29.3 Å². The number of rotatable bonds is 6. The zero-order valence-corrected chi connectivity index (χ0v) is 19.0. The SMILES string of the molecule is CCc1ccccc1CNC(=NC)NC1CCN(S(=O)(=O)CC)CC1.I. The topological polar surface area (TPSA) is 73.8 Å². The Morgan fingerprint density at radius 3 is 2.35 bits per heavy atom. The van der Waals surface area contributed by atoms with Crippen molar-refractivity contribution in [1.29, 1.82) is 0 Å². The number of halogens is 1. The minimum atomic E-state index is -3.07. The van der Waals surface area contributed by atoms with Crippen molar-refractivity contribution in [2.45, 2.75) is 45.7 Å². The molecule has 1 fully saturated rings. The van der Waals surface area contributed by atoms with Gasteiger partial charge in [-0.2, -0.15) is 0 Å². The van der Waals surface area contributed by atoms with Crippen LogP contribution in [-0.2, 0) is 23.0 Å². The van der Waals surface area contributed by atoms with Crippen LogP contribution in [0, 0.1) is 0 Å². The predicted molar refractivity (Wildman–Crippen MR) is 119 cm³/mol. The third-order valence-electron chi connectivity index (χ3n) is 4.72. The highest BCUT2D eigenvalue weighted by Gasteiger charge is 2.26. The molecule has 0 aliphatic carbocycles. The summed E-state index contributed by atoms with van der Waals surface area (Å²) in [6, 6.07) is 8.64. The van der Waals surface area contributed by atoms with Crippen LogP contribution in [0.5, 0.6) is 0 Å². The van der Waals surface area contributed by atoms with E-state index in [1.54, 1.807) is 18.3 Å². The molecule has 1 aromatic carbocycles. The van der Waals surface area contributed by atoms with E-state index in [2.05, 4.69) is 46.8 Å². The van der Waals surface area contributed by atoms with Crippen LogP contribution in [0.4, 0.5) is 0 Å². The van der Waals surface area contributed by atoms with Crippen molar-refractivity contribution in [1.82, 2.24) is 14.9 Å². The van der Waals surface area contributed by atoms with Crippen LogP contribution < -0.4 is 10.6 Å². The van der Waals surface area contributed by atoms with E-state index in [-0.39, 0.29) is 35.8 Å². The summed E-state index contributed by atoms with van der Waals surface area (Å²) in [6.45, 7) is 5.73. The van der Waals surface area contributed by atoms with Crippen LogP contribution in [0.1, 0.15) is 37.8 Å². The van der Waals surface area contributed by atoms with Crippen molar-refractivity contribution in [3.05, 3.63) is 35.4 Å². The number of hydrogen-bond donors (Lipinski definition) is 2. The van der Waals surface area contributed by atoms with Crippen LogP contribution in [-0.4, -0.2) is 50.6 Å². The summed E-state index contributed by atoms with van der Waals surface area (Å²) < 4.78 is 25.5. The molecule has 148 valence electrons. The van der Waals surface area contributed by atoms with E-state index in [0.29, 0.717) is 13.1 Å². The van der Waals surface area contributed by atoms with Gasteiger partial charge in [-0.05, 0) is 37.3 Å². The Labute approximate surface area is 174 Å². The largest absolute Gasteiger partial charge is 0.354 e. The molecule has 1 aliphatic rings. The van der Waals surface area contributed by atoms with Crippen molar-refractivity contribution in [3.63, 3.8) is 0 Å². The number of benzene rings is 1. The number of hydrogen-bond acceptors (Lipinski definition) is 3. The number of sulfonamides is 1. The molecule has 26 heavy (non-hydrogen) atoms. The van der Waals surface area contributed by atoms with Gasteiger partial charge in [0, 0.05) is 32.7 Å². The average Bonchev–Trinajstić information content (AvgIpc) is 2.65. The van der Waals surface area contributed by atoms with Gasteiger partial charge < -0.3 is 10.6 Å². The fraction of sp³-hybridized carbons (Fsp3) is 0.611. The molecule has 1 aliphatic heterocycles. The molecule has 8 heteroatoms. The fourth-order valence-electron chi connectivity index (χ4n) is 3.10. The van der Waals surface area contributed by atoms with E-state index in [9.17, 15) is 8.42 Å². The molecule has 0 amide bonds. The van der Waals surface area contributed by atoms with Gasteiger partial charge in [0.25, 0.3) is 0 Å². The molecular formula is C18H31IN4O2S. The number of aryl methyl sites for hydroxylation is 1. The minimum absolute atomic E-state index is 0. The summed E-state index contributed by atoms with van der Waals surface area (Å²) in [6.07, 6.45) is 2.60. The first-order valence-electron chi connectivity index (χ1n) is 9.02. The maximum Gasteiger partial charge on any atom is 0.213 e. The highest BCUT2D eigenvalue weighted by atomic mass is 127. The first kappa shape index (κ1) is 23.2. The van der Waals surface area contributed by atoms with Crippen LogP contribution >= 0.6 is 24.0 Å². The van der Waals surface area contributed by atoms with E-state index >= 15 is 0 Å². The summed E-state index contributed by atoms with van der Waals surface area (Å²) in [7, 11) is -1.31. The van der Waals surface area contributed by atoms with Gasteiger partial charge in [-0.15, -0.1) is 24.0 Å². The summed E-state index contributed by atoms with van der Waals surface area (Å²) in [5, 5.41) is 6.79. The highest BCUT2D eigenvalue weighted by molar-refractivity contribution is 14.0. The lowest BCUT2D eigenvalue weighted by molar-refractivity contribution is 0.306. The first-order chi connectivity index (χ1) is 12.0. The van der Waals surface area contributed by atoms with Crippen molar-refractivity contribution in [2.75, 3.05) is 25.9 Å². The van der Waals surface area contributed by atoms with Crippen LogP contribution in [0.25, 0.3) is 0 Å². The summed E-state index contributed by atoms with van der Waals surface area (Å²) in [4.78, 5) is 4.30. The summed E-state index contributed by atoms with van der Waals surface area (Å²) in [5.74, 6) is 0.938. The Morgan fingerprint density at radius 1 is 1.19 bits per heavy atom. The van der Waals surface area contributed by atoms with Gasteiger partial charge in [0.05, 0.1) is 5.75 Å². The third-order valence-corrected chi connectivity index (χ3v) is 6.60. The van der Waals surface area contributed by atoms with E-state index in [0.717, 1.165) is 31.8 Å². The summed E-state index contributed by atoms with van der Waals surface area (Å²) >= 11 is 0. The van der Waals surface area contributed by atoms with Gasteiger partial charge in [-0.3, -0.25) is 4.99 Å². The van der Waals surface area contributed by atoms with Gasteiger partial charge in [-0.1, -0.05) is 31.2 Å². The number of piperidine rings is 1. The van der Waals surface area contributed by atoms with Crippen LogP contribution in [0.3, 0.4) is 0 Å². The Hall–Kier alpha value is -0.870. The molecule has 0 bridgehead atoms.